The number of carbonyl (C=O) groups is 2. The minimum atomic E-state index is 0.244. The molecule has 12 nitrogen and oxygen atoms in total. The SMILES string of the molecule is C=C/C=C(C=O)\N=C\CN(CCN(C/C(=C/NCc1ccccc1)N=N)Cc1cccc(C=O)n1)C/C(=C/NCc1ccccc1)N=N. The molecule has 0 spiro atoms. The van der Waals surface area contributed by atoms with Crippen molar-refractivity contribution in [1.82, 2.24) is 25.4 Å². The Labute approximate surface area is 281 Å². The molecule has 0 amide bonds. The average molecular weight is 647 g/mol. The topological polar surface area (TPSA) is 162 Å². The third-order valence-corrected chi connectivity index (χ3v) is 6.95. The fourth-order valence-corrected chi connectivity index (χ4v) is 4.56. The average Bonchev–Trinajstić information content (AvgIpc) is 3.13. The molecular formula is C36H42N10O2. The first-order valence-corrected chi connectivity index (χ1v) is 15.4. The first-order valence-electron chi connectivity index (χ1n) is 15.4. The second-order valence-corrected chi connectivity index (χ2v) is 10.6. The van der Waals surface area contributed by atoms with E-state index in [-0.39, 0.29) is 5.70 Å². The van der Waals surface area contributed by atoms with Crippen molar-refractivity contribution in [3.63, 3.8) is 0 Å². The Hall–Kier alpha value is -5.72. The monoisotopic (exact) mass is 646 g/mol. The van der Waals surface area contributed by atoms with Gasteiger partial charge in [0.05, 0.1) is 17.1 Å². The molecule has 4 N–H and O–H groups in total. The fraction of sp³-hybridized carbons (Fsp3) is 0.222. The molecule has 0 fully saturated rings. The highest BCUT2D eigenvalue weighted by Crippen LogP contribution is 2.10. The zero-order valence-corrected chi connectivity index (χ0v) is 26.9. The summed E-state index contributed by atoms with van der Waals surface area (Å²) in [5, 5.41) is 14.0. The van der Waals surface area contributed by atoms with Crippen molar-refractivity contribution < 1.29 is 9.59 Å². The minimum Gasteiger partial charge on any atom is -0.385 e. The number of hydrogen-bond acceptors (Lipinski definition) is 12. The van der Waals surface area contributed by atoms with Gasteiger partial charge in [0.15, 0.2) is 12.6 Å². The quantitative estimate of drug-likeness (QED) is 0.0340. The number of aliphatic imine (C=N–C) groups is 1. The number of pyridine rings is 1. The van der Waals surface area contributed by atoms with E-state index in [9.17, 15) is 9.59 Å². The molecule has 0 saturated carbocycles. The lowest BCUT2D eigenvalue weighted by molar-refractivity contribution is -0.104. The van der Waals surface area contributed by atoms with Gasteiger partial charge in [0.1, 0.15) is 11.4 Å². The minimum absolute atomic E-state index is 0.244. The summed E-state index contributed by atoms with van der Waals surface area (Å²) >= 11 is 0. The van der Waals surface area contributed by atoms with E-state index in [1.165, 1.54) is 12.2 Å². The van der Waals surface area contributed by atoms with Crippen molar-refractivity contribution in [3.05, 3.63) is 150 Å². The number of nitrogens with zero attached hydrogens (tertiary/aromatic N) is 6. The number of nitrogens with one attached hydrogen (secondary N) is 4. The summed E-state index contributed by atoms with van der Waals surface area (Å²) in [6, 6.07) is 25.1. The van der Waals surface area contributed by atoms with Crippen LogP contribution in [0.3, 0.4) is 0 Å². The van der Waals surface area contributed by atoms with Crippen LogP contribution in [0, 0.1) is 11.1 Å². The lowest BCUT2D eigenvalue weighted by Gasteiger charge is -2.27. The highest BCUT2D eigenvalue weighted by Gasteiger charge is 2.14. The van der Waals surface area contributed by atoms with Crippen LogP contribution >= 0.6 is 0 Å². The molecule has 0 radical (unpaired) electrons. The van der Waals surface area contributed by atoms with E-state index in [0.717, 1.165) is 11.1 Å². The fourth-order valence-electron chi connectivity index (χ4n) is 4.56. The Morgan fingerprint density at radius 1 is 0.792 bits per heavy atom. The van der Waals surface area contributed by atoms with Crippen LogP contribution in [0.15, 0.2) is 142 Å². The summed E-state index contributed by atoms with van der Waals surface area (Å²) in [6.45, 7) is 7.25. The molecule has 248 valence electrons. The molecule has 2 aromatic carbocycles. The molecule has 0 bridgehead atoms. The normalized spacial score (nSPS) is 12.2. The van der Waals surface area contributed by atoms with Crippen LogP contribution in [-0.2, 0) is 24.4 Å². The predicted octanol–water partition coefficient (Wildman–Crippen LogP) is 5.66. The van der Waals surface area contributed by atoms with E-state index in [1.54, 1.807) is 30.7 Å². The number of rotatable bonds is 23. The van der Waals surface area contributed by atoms with E-state index in [4.69, 9.17) is 11.1 Å². The number of allylic oxidation sites excluding steroid dienone is 3. The van der Waals surface area contributed by atoms with Crippen molar-refractivity contribution in [2.75, 3.05) is 32.7 Å². The van der Waals surface area contributed by atoms with Gasteiger partial charge in [0.2, 0.25) is 0 Å². The van der Waals surface area contributed by atoms with Crippen LogP contribution in [0.5, 0.6) is 0 Å². The highest BCUT2D eigenvalue weighted by molar-refractivity contribution is 5.77. The third-order valence-electron chi connectivity index (χ3n) is 6.95. The Balaban J connectivity index is 1.79. The summed E-state index contributed by atoms with van der Waals surface area (Å²) in [5.74, 6) is 0. The van der Waals surface area contributed by atoms with Crippen LogP contribution in [-0.4, -0.2) is 66.3 Å². The van der Waals surface area contributed by atoms with Crippen molar-refractivity contribution >= 4 is 18.8 Å². The van der Waals surface area contributed by atoms with Gasteiger partial charge in [-0.25, -0.2) is 16.0 Å². The van der Waals surface area contributed by atoms with Crippen LogP contribution in [0.4, 0.5) is 0 Å². The summed E-state index contributed by atoms with van der Waals surface area (Å²) < 4.78 is 0. The molecule has 0 saturated heterocycles. The maximum absolute atomic E-state index is 11.4. The van der Waals surface area contributed by atoms with Gasteiger partial charge in [-0.2, -0.15) is 10.2 Å². The zero-order chi connectivity index (χ0) is 34.2. The zero-order valence-electron chi connectivity index (χ0n) is 26.9. The van der Waals surface area contributed by atoms with Gasteiger partial charge >= 0.3 is 0 Å². The molecule has 1 heterocycles. The number of carbonyl (C=O) groups excluding carboxylic acids is 2. The molecular weight excluding hydrogens is 604 g/mol. The summed E-state index contributed by atoms with van der Waals surface area (Å²) in [7, 11) is 0. The van der Waals surface area contributed by atoms with E-state index in [2.05, 4.69) is 42.3 Å². The number of aromatic nitrogens is 1. The molecule has 3 rings (SSSR count). The van der Waals surface area contributed by atoms with E-state index in [0.29, 0.717) is 87.7 Å². The van der Waals surface area contributed by atoms with Gasteiger partial charge in [-0.05, 0) is 29.3 Å². The molecule has 3 aromatic rings. The van der Waals surface area contributed by atoms with Gasteiger partial charge in [-0.15, -0.1) is 0 Å². The van der Waals surface area contributed by atoms with Gasteiger partial charge in [-0.1, -0.05) is 79.4 Å². The molecule has 0 atom stereocenters. The Kier molecular flexibility index (Phi) is 16.8. The highest BCUT2D eigenvalue weighted by atomic mass is 16.1. The molecule has 0 aliphatic rings. The third kappa shape index (κ3) is 14.1. The second kappa shape index (κ2) is 21.9. The lowest BCUT2D eigenvalue weighted by Crippen LogP contribution is -2.38. The van der Waals surface area contributed by atoms with Crippen molar-refractivity contribution in [2.45, 2.75) is 19.6 Å². The van der Waals surface area contributed by atoms with Crippen molar-refractivity contribution in [2.24, 2.45) is 15.2 Å². The first-order chi connectivity index (χ1) is 23.6. The van der Waals surface area contributed by atoms with E-state index in [1.807, 2.05) is 71.6 Å². The maximum atomic E-state index is 11.4. The second-order valence-electron chi connectivity index (χ2n) is 10.6. The van der Waals surface area contributed by atoms with Crippen molar-refractivity contribution in [3.8, 4) is 0 Å². The van der Waals surface area contributed by atoms with Crippen LogP contribution in [0.1, 0.15) is 27.3 Å². The standard InChI is InChI=1S/C36H42N10O2/c1-2-10-33(28-47)41-17-18-45(26-35(43-37)23-39-21-30-11-5-3-6-12-30)19-20-46(25-32-15-9-16-34(29-48)42-32)27-36(44-38)24-40-22-31-13-7-4-8-14-31/h2-17,23-24,28-29,37-40H,1,18-22,25-27H2/b33-10-,35-23-,36-24-,41-17+,43-37?,44-38?. The van der Waals surface area contributed by atoms with Gasteiger partial charge in [-0.3, -0.25) is 24.4 Å². The van der Waals surface area contributed by atoms with E-state index >= 15 is 0 Å². The first kappa shape index (κ1) is 36.7. The summed E-state index contributed by atoms with van der Waals surface area (Å²) in [4.78, 5) is 35.6. The molecule has 48 heavy (non-hydrogen) atoms. The number of hydrogen-bond donors (Lipinski definition) is 4. The van der Waals surface area contributed by atoms with Crippen LogP contribution < -0.4 is 10.6 Å². The van der Waals surface area contributed by atoms with Crippen molar-refractivity contribution in [1.29, 1.82) is 11.1 Å². The van der Waals surface area contributed by atoms with Gasteiger partial charge in [0, 0.05) is 71.0 Å². The number of aldehydes is 2. The Bertz CT molecular complexity index is 1590. The molecule has 0 aliphatic heterocycles. The molecule has 1 aromatic heterocycles. The Morgan fingerprint density at radius 3 is 1.92 bits per heavy atom. The molecule has 0 aliphatic carbocycles. The summed E-state index contributed by atoms with van der Waals surface area (Å²) in [6.07, 6.45) is 9.50. The van der Waals surface area contributed by atoms with E-state index < -0.39 is 0 Å². The molecule has 12 heteroatoms. The lowest BCUT2D eigenvalue weighted by atomic mass is 10.2. The van der Waals surface area contributed by atoms with Crippen LogP contribution in [0.25, 0.3) is 0 Å². The molecule has 0 unspecified atom stereocenters. The maximum Gasteiger partial charge on any atom is 0.168 e. The van der Waals surface area contributed by atoms with Crippen LogP contribution in [0.2, 0.25) is 0 Å². The largest absolute Gasteiger partial charge is 0.385 e. The van der Waals surface area contributed by atoms with Gasteiger partial charge in [0.25, 0.3) is 0 Å². The number of benzene rings is 2. The summed E-state index contributed by atoms with van der Waals surface area (Å²) in [5.41, 5.74) is 20.2. The smallest absolute Gasteiger partial charge is 0.168 e. The predicted molar refractivity (Wildman–Crippen MR) is 187 cm³/mol. The Morgan fingerprint density at radius 2 is 1.38 bits per heavy atom. The van der Waals surface area contributed by atoms with Gasteiger partial charge < -0.3 is 10.6 Å².